The van der Waals surface area contributed by atoms with Crippen molar-refractivity contribution in [3.8, 4) is 5.75 Å². The summed E-state index contributed by atoms with van der Waals surface area (Å²) in [6, 6.07) is 26.7. The van der Waals surface area contributed by atoms with Gasteiger partial charge in [0, 0.05) is 23.2 Å². The predicted octanol–water partition coefficient (Wildman–Crippen LogP) is 5.77. The molecule has 2 nitrogen and oxygen atoms in total. The Labute approximate surface area is 154 Å². The Balaban J connectivity index is 1.57. The maximum absolute atomic E-state index is 6.17. The van der Waals surface area contributed by atoms with E-state index in [1.54, 1.807) is 0 Å². The number of ether oxygens (including phenoxy) is 1. The first-order valence-corrected chi connectivity index (χ1v) is 8.83. The summed E-state index contributed by atoms with van der Waals surface area (Å²) in [5.74, 6) is 0.853. The summed E-state index contributed by atoms with van der Waals surface area (Å²) in [5.41, 5.74) is 3.47. The smallest absolute Gasteiger partial charge is 0.120 e. The summed E-state index contributed by atoms with van der Waals surface area (Å²) >= 11 is 6.17. The average Bonchev–Trinajstić information content (AvgIpc) is 2.66. The van der Waals surface area contributed by atoms with E-state index in [-0.39, 0.29) is 0 Å². The summed E-state index contributed by atoms with van der Waals surface area (Å²) in [4.78, 5) is 0. The molecule has 0 radical (unpaired) electrons. The molecular formula is C22H22ClNO. The van der Waals surface area contributed by atoms with Crippen LogP contribution in [0.1, 0.15) is 29.7 Å². The van der Waals surface area contributed by atoms with Crippen LogP contribution < -0.4 is 10.1 Å². The van der Waals surface area contributed by atoms with Crippen LogP contribution in [0.25, 0.3) is 0 Å². The number of benzene rings is 3. The van der Waals surface area contributed by atoms with E-state index in [9.17, 15) is 0 Å². The fourth-order valence-corrected chi connectivity index (χ4v) is 2.84. The highest BCUT2D eigenvalue weighted by Gasteiger charge is 2.05. The minimum atomic E-state index is 0.300. The Morgan fingerprint density at radius 2 is 1.68 bits per heavy atom. The van der Waals surface area contributed by atoms with Gasteiger partial charge in [-0.3, -0.25) is 0 Å². The van der Waals surface area contributed by atoms with Crippen molar-refractivity contribution in [1.29, 1.82) is 0 Å². The average molecular weight is 352 g/mol. The fourth-order valence-electron chi connectivity index (χ4n) is 2.65. The first-order chi connectivity index (χ1) is 12.2. The third-order valence-electron chi connectivity index (χ3n) is 4.16. The molecule has 0 aliphatic rings. The van der Waals surface area contributed by atoms with Gasteiger partial charge in [0.1, 0.15) is 12.4 Å². The minimum absolute atomic E-state index is 0.300. The molecule has 0 amide bonds. The zero-order valence-corrected chi connectivity index (χ0v) is 15.0. The van der Waals surface area contributed by atoms with Crippen LogP contribution in [-0.4, -0.2) is 0 Å². The van der Waals surface area contributed by atoms with Gasteiger partial charge in [0.05, 0.1) is 0 Å². The molecule has 0 spiro atoms. The highest BCUT2D eigenvalue weighted by atomic mass is 35.5. The van der Waals surface area contributed by atoms with E-state index >= 15 is 0 Å². The van der Waals surface area contributed by atoms with E-state index in [0.717, 1.165) is 22.9 Å². The van der Waals surface area contributed by atoms with Gasteiger partial charge in [-0.2, -0.15) is 0 Å². The van der Waals surface area contributed by atoms with Crippen LogP contribution in [0, 0.1) is 0 Å². The van der Waals surface area contributed by atoms with E-state index in [1.165, 1.54) is 11.1 Å². The van der Waals surface area contributed by atoms with E-state index in [4.69, 9.17) is 16.3 Å². The molecule has 3 rings (SSSR count). The summed E-state index contributed by atoms with van der Waals surface area (Å²) < 4.78 is 5.89. The first kappa shape index (κ1) is 17.5. The van der Waals surface area contributed by atoms with Crippen molar-refractivity contribution in [3.63, 3.8) is 0 Å². The van der Waals surface area contributed by atoms with Crippen LogP contribution in [0.4, 0.5) is 0 Å². The van der Waals surface area contributed by atoms with Gasteiger partial charge >= 0.3 is 0 Å². The van der Waals surface area contributed by atoms with Crippen LogP contribution in [0.15, 0.2) is 78.9 Å². The molecule has 3 aromatic carbocycles. The van der Waals surface area contributed by atoms with Crippen molar-refractivity contribution in [2.24, 2.45) is 0 Å². The van der Waals surface area contributed by atoms with Gasteiger partial charge < -0.3 is 10.1 Å². The molecule has 1 N–H and O–H groups in total. The Kier molecular flexibility index (Phi) is 6.10. The van der Waals surface area contributed by atoms with Gasteiger partial charge in [-0.15, -0.1) is 0 Å². The molecular weight excluding hydrogens is 330 g/mol. The van der Waals surface area contributed by atoms with E-state index in [1.807, 2.05) is 42.5 Å². The quantitative estimate of drug-likeness (QED) is 0.583. The molecule has 0 saturated heterocycles. The maximum Gasteiger partial charge on any atom is 0.120 e. The predicted molar refractivity (Wildman–Crippen MR) is 104 cm³/mol. The second-order valence-electron chi connectivity index (χ2n) is 6.04. The number of hydrogen-bond donors (Lipinski definition) is 1. The van der Waals surface area contributed by atoms with Crippen molar-refractivity contribution in [2.75, 3.05) is 0 Å². The van der Waals surface area contributed by atoms with Crippen molar-refractivity contribution >= 4 is 11.6 Å². The lowest BCUT2D eigenvalue weighted by atomic mass is 10.1. The number of nitrogens with one attached hydrogen (secondary N) is 1. The van der Waals surface area contributed by atoms with Crippen LogP contribution in [0.5, 0.6) is 5.75 Å². The molecule has 1 unspecified atom stereocenters. The summed E-state index contributed by atoms with van der Waals surface area (Å²) in [5, 5.41) is 4.28. The second-order valence-corrected chi connectivity index (χ2v) is 6.45. The lowest BCUT2D eigenvalue weighted by molar-refractivity contribution is 0.306. The topological polar surface area (TPSA) is 21.3 Å². The SMILES string of the molecule is CC(NCc1cccc(OCc2ccccc2Cl)c1)c1ccccc1. The van der Waals surface area contributed by atoms with Gasteiger partial charge in [0.15, 0.2) is 0 Å². The largest absolute Gasteiger partial charge is 0.489 e. The van der Waals surface area contributed by atoms with Crippen molar-refractivity contribution in [3.05, 3.63) is 101 Å². The van der Waals surface area contributed by atoms with Gasteiger partial charge in [-0.25, -0.2) is 0 Å². The molecule has 0 aliphatic carbocycles. The molecule has 3 heteroatoms. The highest BCUT2D eigenvalue weighted by molar-refractivity contribution is 6.31. The first-order valence-electron chi connectivity index (χ1n) is 8.46. The zero-order chi connectivity index (χ0) is 17.5. The number of halogens is 1. The summed E-state index contributed by atoms with van der Waals surface area (Å²) in [6.07, 6.45) is 0. The molecule has 0 fully saturated rings. The lowest BCUT2D eigenvalue weighted by Crippen LogP contribution is -2.17. The molecule has 0 heterocycles. The normalized spacial score (nSPS) is 11.9. The number of rotatable bonds is 7. The lowest BCUT2D eigenvalue weighted by Gasteiger charge is -2.15. The summed E-state index contributed by atoms with van der Waals surface area (Å²) in [7, 11) is 0. The molecule has 0 aromatic heterocycles. The summed E-state index contributed by atoms with van der Waals surface area (Å²) in [6.45, 7) is 3.43. The van der Waals surface area contributed by atoms with Gasteiger partial charge in [-0.05, 0) is 36.2 Å². The molecule has 0 bridgehead atoms. The Morgan fingerprint density at radius 1 is 0.920 bits per heavy atom. The fraction of sp³-hybridized carbons (Fsp3) is 0.182. The Morgan fingerprint density at radius 3 is 2.48 bits per heavy atom. The van der Waals surface area contributed by atoms with Gasteiger partial charge in [-0.1, -0.05) is 72.3 Å². The maximum atomic E-state index is 6.17. The third kappa shape index (κ3) is 5.09. The molecule has 1 atom stereocenters. The van der Waals surface area contributed by atoms with Crippen LogP contribution in [-0.2, 0) is 13.2 Å². The van der Waals surface area contributed by atoms with Crippen LogP contribution in [0.3, 0.4) is 0 Å². The van der Waals surface area contributed by atoms with Gasteiger partial charge in [0.25, 0.3) is 0 Å². The molecule has 0 aliphatic heterocycles. The Bertz CT molecular complexity index is 804. The van der Waals surface area contributed by atoms with Crippen molar-refractivity contribution < 1.29 is 4.74 Å². The van der Waals surface area contributed by atoms with E-state index in [0.29, 0.717) is 12.6 Å². The standard InChI is InChI=1S/C22H22ClNO/c1-17(19-9-3-2-4-10-19)24-15-18-8-7-12-21(14-18)25-16-20-11-5-6-13-22(20)23/h2-14,17,24H,15-16H2,1H3. The zero-order valence-electron chi connectivity index (χ0n) is 14.3. The highest BCUT2D eigenvalue weighted by Crippen LogP contribution is 2.20. The van der Waals surface area contributed by atoms with Gasteiger partial charge in [0.2, 0.25) is 0 Å². The van der Waals surface area contributed by atoms with E-state index in [2.05, 4.69) is 48.6 Å². The Hall–Kier alpha value is -2.29. The van der Waals surface area contributed by atoms with Crippen molar-refractivity contribution in [1.82, 2.24) is 5.32 Å². The van der Waals surface area contributed by atoms with Crippen LogP contribution in [0.2, 0.25) is 5.02 Å². The van der Waals surface area contributed by atoms with Crippen LogP contribution >= 0.6 is 11.6 Å². The van der Waals surface area contributed by atoms with E-state index < -0.39 is 0 Å². The minimum Gasteiger partial charge on any atom is -0.489 e. The second kappa shape index (κ2) is 8.70. The number of hydrogen-bond acceptors (Lipinski definition) is 2. The third-order valence-corrected chi connectivity index (χ3v) is 4.53. The van der Waals surface area contributed by atoms with Crippen molar-refractivity contribution in [2.45, 2.75) is 26.1 Å². The molecule has 0 saturated carbocycles. The molecule has 25 heavy (non-hydrogen) atoms. The monoisotopic (exact) mass is 351 g/mol. The molecule has 3 aromatic rings. The molecule has 128 valence electrons.